The van der Waals surface area contributed by atoms with Gasteiger partial charge in [-0.3, -0.25) is 4.40 Å². The first-order valence-electron chi connectivity index (χ1n) is 6.45. The average Bonchev–Trinajstić information content (AvgIpc) is 2.93. The Balaban J connectivity index is 1.90. The van der Waals surface area contributed by atoms with E-state index in [4.69, 9.17) is 5.26 Å². The van der Waals surface area contributed by atoms with Crippen LogP contribution in [0.15, 0.2) is 42.6 Å². The molecule has 2 aromatic heterocycles. The Morgan fingerprint density at radius 2 is 2.14 bits per heavy atom. The SMILES string of the molecule is CC(Nc1ccc(C#N)cc1F)c1nnc2ccccn12. The Morgan fingerprint density at radius 1 is 1.29 bits per heavy atom. The van der Waals surface area contributed by atoms with Gasteiger partial charge >= 0.3 is 0 Å². The van der Waals surface area contributed by atoms with Gasteiger partial charge in [-0.25, -0.2) is 4.39 Å². The van der Waals surface area contributed by atoms with Gasteiger partial charge in [-0.15, -0.1) is 10.2 Å². The lowest BCUT2D eigenvalue weighted by atomic mass is 10.2. The van der Waals surface area contributed by atoms with Crippen molar-refractivity contribution >= 4 is 11.3 Å². The van der Waals surface area contributed by atoms with Crippen LogP contribution in [0.3, 0.4) is 0 Å². The number of fused-ring (bicyclic) bond motifs is 1. The molecule has 0 fully saturated rings. The predicted octanol–water partition coefficient (Wildman–Crippen LogP) is 2.91. The molecule has 1 N–H and O–H groups in total. The Kier molecular flexibility index (Phi) is 3.24. The van der Waals surface area contributed by atoms with E-state index in [0.717, 1.165) is 5.65 Å². The number of hydrogen-bond acceptors (Lipinski definition) is 4. The summed E-state index contributed by atoms with van der Waals surface area (Å²) in [4.78, 5) is 0. The summed E-state index contributed by atoms with van der Waals surface area (Å²) < 4.78 is 15.7. The fourth-order valence-electron chi connectivity index (χ4n) is 2.15. The minimum absolute atomic E-state index is 0.232. The number of benzene rings is 1. The lowest BCUT2D eigenvalue weighted by molar-refractivity contribution is 0.625. The van der Waals surface area contributed by atoms with Gasteiger partial charge in [0.1, 0.15) is 5.82 Å². The van der Waals surface area contributed by atoms with Gasteiger partial charge in [-0.2, -0.15) is 5.26 Å². The Bertz CT molecular complexity index is 833. The molecule has 0 aliphatic heterocycles. The van der Waals surface area contributed by atoms with Crippen LogP contribution in [-0.4, -0.2) is 14.6 Å². The van der Waals surface area contributed by atoms with Gasteiger partial charge in [0, 0.05) is 6.20 Å². The maximum absolute atomic E-state index is 13.9. The maximum Gasteiger partial charge on any atom is 0.160 e. The number of halogens is 1. The highest BCUT2D eigenvalue weighted by molar-refractivity contribution is 5.50. The summed E-state index contributed by atoms with van der Waals surface area (Å²) in [6.45, 7) is 1.88. The predicted molar refractivity (Wildman–Crippen MR) is 76.1 cm³/mol. The van der Waals surface area contributed by atoms with E-state index in [1.165, 1.54) is 6.07 Å². The van der Waals surface area contributed by atoms with E-state index in [2.05, 4.69) is 15.5 Å². The lowest BCUT2D eigenvalue weighted by Crippen LogP contribution is -2.11. The zero-order valence-corrected chi connectivity index (χ0v) is 11.3. The highest BCUT2D eigenvalue weighted by Crippen LogP contribution is 2.21. The molecule has 1 aromatic carbocycles. The average molecular weight is 281 g/mol. The molecule has 0 aliphatic carbocycles. The molecule has 2 heterocycles. The number of pyridine rings is 1. The summed E-state index contributed by atoms with van der Waals surface area (Å²) in [7, 11) is 0. The maximum atomic E-state index is 13.9. The van der Waals surface area contributed by atoms with E-state index >= 15 is 0 Å². The van der Waals surface area contributed by atoms with Crippen molar-refractivity contribution in [2.75, 3.05) is 5.32 Å². The van der Waals surface area contributed by atoms with E-state index in [1.54, 1.807) is 12.1 Å². The summed E-state index contributed by atoms with van der Waals surface area (Å²) in [5, 5.41) is 20.0. The number of hydrogen-bond donors (Lipinski definition) is 1. The second kappa shape index (κ2) is 5.21. The molecule has 21 heavy (non-hydrogen) atoms. The quantitative estimate of drug-likeness (QED) is 0.801. The molecule has 0 bridgehead atoms. The van der Waals surface area contributed by atoms with E-state index in [-0.39, 0.29) is 6.04 Å². The number of nitriles is 1. The molecule has 0 spiro atoms. The molecule has 0 saturated carbocycles. The molecule has 1 atom stereocenters. The van der Waals surface area contributed by atoms with Crippen LogP contribution in [0.1, 0.15) is 24.4 Å². The second-order valence-corrected chi connectivity index (χ2v) is 4.66. The van der Waals surface area contributed by atoms with Crippen LogP contribution in [0.2, 0.25) is 0 Å². The van der Waals surface area contributed by atoms with Crippen molar-refractivity contribution in [1.29, 1.82) is 5.26 Å². The normalized spacial score (nSPS) is 12.0. The van der Waals surface area contributed by atoms with Crippen molar-refractivity contribution in [2.45, 2.75) is 13.0 Å². The van der Waals surface area contributed by atoms with Crippen molar-refractivity contribution in [2.24, 2.45) is 0 Å². The molecule has 6 heteroatoms. The third-order valence-electron chi connectivity index (χ3n) is 3.20. The zero-order chi connectivity index (χ0) is 14.8. The largest absolute Gasteiger partial charge is 0.373 e. The first-order chi connectivity index (χ1) is 10.2. The van der Waals surface area contributed by atoms with Crippen LogP contribution in [-0.2, 0) is 0 Å². The Hall–Kier alpha value is -2.94. The molecular weight excluding hydrogens is 269 g/mol. The van der Waals surface area contributed by atoms with Gasteiger partial charge < -0.3 is 5.32 Å². The van der Waals surface area contributed by atoms with Gasteiger partial charge in [0.15, 0.2) is 11.5 Å². The van der Waals surface area contributed by atoms with Crippen LogP contribution in [0.5, 0.6) is 0 Å². The molecule has 3 rings (SSSR count). The van der Waals surface area contributed by atoms with Gasteiger partial charge in [-0.05, 0) is 37.3 Å². The summed E-state index contributed by atoms with van der Waals surface area (Å²) in [6, 6.07) is 11.6. The first-order valence-corrected chi connectivity index (χ1v) is 6.45. The molecule has 0 aliphatic rings. The van der Waals surface area contributed by atoms with E-state index < -0.39 is 5.82 Å². The van der Waals surface area contributed by atoms with Crippen LogP contribution in [0, 0.1) is 17.1 Å². The minimum Gasteiger partial charge on any atom is -0.373 e. The minimum atomic E-state index is -0.463. The molecule has 0 radical (unpaired) electrons. The van der Waals surface area contributed by atoms with Gasteiger partial charge in [0.25, 0.3) is 0 Å². The Morgan fingerprint density at radius 3 is 2.90 bits per heavy atom. The molecule has 5 nitrogen and oxygen atoms in total. The number of nitrogens with one attached hydrogen (secondary N) is 1. The summed E-state index contributed by atoms with van der Waals surface area (Å²) in [5.41, 5.74) is 1.36. The summed E-state index contributed by atoms with van der Waals surface area (Å²) in [6.07, 6.45) is 1.86. The molecule has 3 aromatic rings. The second-order valence-electron chi connectivity index (χ2n) is 4.66. The lowest BCUT2D eigenvalue weighted by Gasteiger charge is -2.14. The number of anilines is 1. The standard InChI is InChI=1S/C15H12FN5/c1-10(15-20-19-14-4-2-3-7-21(14)15)18-13-6-5-11(9-17)8-12(13)16/h2-8,10,18H,1H3. The topological polar surface area (TPSA) is 66.0 Å². The molecule has 0 amide bonds. The Labute approximate surface area is 120 Å². The molecule has 104 valence electrons. The molecule has 0 saturated heterocycles. The van der Waals surface area contributed by atoms with Crippen LogP contribution in [0.25, 0.3) is 5.65 Å². The smallest absolute Gasteiger partial charge is 0.160 e. The fraction of sp³-hybridized carbons (Fsp3) is 0.133. The van der Waals surface area contributed by atoms with Gasteiger partial charge in [-0.1, -0.05) is 6.07 Å². The van der Waals surface area contributed by atoms with Crippen molar-refractivity contribution < 1.29 is 4.39 Å². The van der Waals surface area contributed by atoms with Gasteiger partial charge in [0.05, 0.1) is 23.4 Å². The van der Waals surface area contributed by atoms with Crippen LogP contribution in [0.4, 0.5) is 10.1 Å². The van der Waals surface area contributed by atoms with Crippen LogP contribution < -0.4 is 5.32 Å². The van der Waals surface area contributed by atoms with Gasteiger partial charge in [0.2, 0.25) is 0 Å². The summed E-state index contributed by atoms with van der Waals surface area (Å²) >= 11 is 0. The van der Waals surface area contributed by atoms with Crippen LogP contribution >= 0.6 is 0 Å². The third-order valence-corrected chi connectivity index (χ3v) is 3.20. The summed E-state index contributed by atoms with van der Waals surface area (Å²) in [5.74, 6) is 0.226. The highest BCUT2D eigenvalue weighted by atomic mass is 19.1. The van der Waals surface area contributed by atoms with Crippen molar-refractivity contribution in [3.8, 4) is 6.07 Å². The monoisotopic (exact) mass is 281 g/mol. The highest BCUT2D eigenvalue weighted by Gasteiger charge is 2.14. The zero-order valence-electron chi connectivity index (χ0n) is 11.3. The first kappa shape index (κ1) is 13.1. The molecular formula is C15H12FN5. The number of nitrogens with zero attached hydrogens (tertiary/aromatic N) is 4. The van der Waals surface area contributed by atoms with Crippen molar-refractivity contribution in [1.82, 2.24) is 14.6 Å². The van der Waals surface area contributed by atoms with Crippen molar-refractivity contribution in [3.05, 3.63) is 59.8 Å². The van der Waals surface area contributed by atoms with E-state index in [1.807, 2.05) is 41.8 Å². The number of aromatic nitrogens is 3. The van der Waals surface area contributed by atoms with E-state index in [9.17, 15) is 4.39 Å². The number of rotatable bonds is 3. The van der Waals surface area contributed by atoms with Crippen molar-refractivity contribution in [3.63, 3.8) is 0 Å². The van der Waals surface area contributed by atoms with E-state index in [0.29, 0.717) is 17.1 Å². The third kappa shape index (κ3) is 2.41. The molecule has 1 unspecified atom stereocenters. The fourth-order valence-corrected chi connectivity index (χ4v) is 2.15.